The summed E-state index contributed by atoms with van der Waals surface area (Å²) in [5.41, 5.74) is 0. The first kappa shape index (κ1) is 11.4. The fourth-order valence-corrected chi connectivity index (χ4v) is 2.51. The first-order chi connectivity index (χ1) is 6.43. The number of thioether (sulfide) groups is 1. The van der Waals surface area contributed by atoms with E-state index in [0.717, 1.165) is 6.04 Å². The van der Waals surface area contributed by atoms with Crippen LogP contribution in [0.1, 0.15) is 45.4 Å². The molecular formula is C11H23NS. The Morgan fingerprint density at radius 1 is 1.15 bits per heavy atom. The van der Waals surface area contributed by atoms with Crippen LogP contribution in [0.3, 0.4) is 0 Å². The summed E-state index contributed by atoms with van der Waals surface area (Å²) in [6.07, 6.45) is 8.63. The van der Waals surface area contributed by atoms with Crippen molar-refractivity contribution in [2.45, 2.75) is 51.5 Å². The minimum atomic E-state index is 0.833. The van der Waals surface area contributed by atoms with Gasteiger partial charge in [0.15, 0.2) is 0 Å². The summed E-state index contributed by atoms with van der Waals surface area (Å²) < 4.78 is 0. The zero-order chi connectivity index (χ0) is 9.36. The predicted molar refractivity (Wildman–Crippen MR) is 62.5 cm³/mol. The van der Waals surface area contributed by atoms with Gasteiger partial charge in [0.05, 0.1) is 0 Å². The first-order valence-corrected chi connectivity index (χ1v) is 6.90. The van der Waals surface area contributed by atoms with Crippen molar-refractivity contribution in [1.82, 2.24) is 5.32 Å². The SMILES string of the molecule is CCSCCNC1CCCCCC1. The highest BCUT2D eigenvalue weighted by Gasteiger charge is 2.10. The van der Waals surface area contributed by atoms with Crippen molar-refractivity contribution in [3.8, 4) is 0 Å². The van der Waals surface area contributed by atoms with Gasteiger partial charge in [-0.25, -0.2) is 0 Å². The van der Waals surface area contributed by atoms with Crippen LogP contribution < -0.4 is 5.32 Å². The molecule has 1 rings (SSSR count). The molecule has 0 atom stereocenters. The zero-order valence-corrected chi connectivity index (χ0v) is 9.67. The molecule has 13 heavy (non-hydrogen) atoms. The topological polar surface area (TPSA) is 12.0 Å². The Morgan fingerprint density at radius 3 is 2.46 bits per heavy atom. The van der Waals surface area contributed by atoms with Crippen molar-refractivity contribution < 1.29 is 0 Å². The second-order valence-corrected chi connectivity index (χ2v) is 5.23. The smallest absolute Gasteiger partial charge is 0.00673 e. The molecule has 0 aromatic rings. The predicted octanol–water partition coefficient (Wildman–Crippen LogP) is 3.05. The summed E-state index contributed by atoms with van der Waals surface area (Å²) in [5, 5.41) is 3.68. The van der Waals surface area contributed by atoms with Crippen LogP contribution in [-0.4, -0.2) is 24.1 Å². The highest BCUT2D eigenvalue weighted by Crippen LogP contribution is 2.17. The van der Waals surface area contributed by atoms with Gasteiger partial charge < -0.3 is 5.32 Å². The van der Waals surface area contributed by atoms with Crippen LogP contribution in [0.4, 0.5) is 0 Å². The Labute approximate surface area is 87.1 Å². The largest absolute Gasteiger partial charge is 0.313 e. The minimum Gasteiger partial charge on any atom is -0.313 e. The molecule has 0 unspecified atom stereocenters. The molecule has 0 aromatic carbocycles. The molecule has 0 spiro atoms. The lowest BCUT2D eigenvalue weighted by Gasteiger charge is -2.15. The van der Waals surface area contributed by atoms with Crippen LogP contribution in [-0.2, 0) is 0 Å². The van der Waals surface area contributed by atoms with E-state index in [-0.39, 0.29) is 0 Å². The van der Waals surface area contributed by atoms with Crippen LogP contribution in [0.25, 0.3) is 0 Å². The second-order valence-electron chi connectivity index (χ2n) is 3.84. The average Bonchev–Trinajstić information content (AvgIpc) is 2.41. The van der Waals surface area contributed by atoms with Crippen molar-refractivity contribution in [1.29, 1.82) is 0 Å². The van der Waals surface area contributed by atoms with E-state index in [1.807, 2.05) is 11.8 Å². The molecule has 1 saturated carbocycles. The minimum absolute atomic E-state index is 0.833. The zero-order valence-electron chi connectivity index (χ0n) is 8.85. The van der Waals surface area contributed by atoms with Gasteiger partial charge in [-0.15, -0.1) is 0 Å². The van der Waals surface area contributed by atoms with Gasteiger partial charge in [0, 0.05) is 18.3 Å². The molecular weight excluding hydrogens is 178 g/mol. The van der Waals surface area contributed by atoms with E-state index in [2.05, 4.69) is 12.2 Å². The maximum Gasteiger partial charge on any atom is 0.00673 e. The van der Waals surface area contributed by atoms with Crippen LogP contribution in [0, 0.1) is 0 Å². The molecule has 78 valence electrons. The third-order valence-electron chi connectivity index (χ3n) is 2.74. The van der Waals surface area contributed by atoms with Crippen LogP contribution in [0.2, 0.25) is 0 Å². The van der Waals surface area contributed by atoms with Gasteiger partial charge in [-0.1, -0.05) is 32.6 Å². The Bertz CT molecular complexity index is 109. The van der Waals surface area contributed by atoms with Crippen molar-refractivity contribution >= 4 is 11.8 Å². The Balaban J connectivity index is 1.98. The Morgan fingerprint density at radius 2 is 1.85 bits per heavy atom. The van der Waals surface area contributed by atoms with Crippen LogP contribution in [0.5, 0.6) is 0 Å². The number of rotatable bonds is 5. The van der Waals surface area contributed by atoms with Gasteiger partial charge in [-0.05, 0) is 18.6 Å². The number of hydrogen-bond acceptors (Lipinski definition) is 2. The van der Waals surface area contributed by atoms with E-state index in [4.69, 9.17) is 0 Å². The summed E-state index contributed by atoms with van der Waals surface area (Å²) >= 11 is 2.04. The second kappa shape index (κ2) is 7.69. The first-order valence-electron chi connectivity index (χ1n) is 5.74. The van der Waals surface area contributed by atoms with Gasteiger partial charge in [0.25, 0.3) is 0 Å². The summed E-state index contributed by atoms with van der Waals surface area (Å²) in [4.78, 5) is 0. The van der Waals surface area contributed by atoms with E-state index >= 15 is 0 Å². The van der Waals surface area contributed by atoms with E-state index in [0.29, 0.717) is 0 Å². The molecule has 0 radical (unpaired) electrons. The number of nitrogens with one attached hydrogen (secondary N) is 1. The third kappa shape index (κ3) is 5.58. The molecule has 1 fully saturated rings. The Hall–Kier alpha value is 0.310. The molecule has 1 aliphatic rings. The lowest BCUT2D eigenvalue weighted by molar-refractivity contribution is 0.474. The van der Waals surface area contributed by atoms with Crippen molar-refractivity contribution in [2.75, 3.05) is 18.1 Å². The molecule has 0 aromatic heterocycles. The van der Waals surface area contributed by atoms with Gasteiger partial charge in [-0.3, -0.25) is 0 Å². The fourth-order valence-electron chi connectivity index (χ4n) is 1.96. The quantitative estimate of drug-likeness (QED) is 0.542. The van der Waals surface area contributed by atoms with Crippen LogP contribution in [0.15, 0.2) is 0 Å². The van der Waals surface area contributed by atoms with E-state index in [9.17, 15) is 0 Å². The van der Waals surface area contributed by atoms with Gasteiger partial charge >= 0.3 is 0 Å². The van der Waals surface area contributed by atoms with Gasteiger partial charge in [0.1, 0.15) is 0 Å². The molecule has 0 aliphatic heterocycles. The van der Waals surface area contributed by atoms with Crippen molar-refractivity contribution in [3.63, 3.8) is 0 Å². The lowest BCUT2D eigenvalue weighted by atomic mass is 10.1. The lowest BCUT2D eigenvalue weighted by Crippen LogP contribution is -2.30. The average molecular weight is 201 g/mol. The van der Waals surface area contributed by atoms with Crippen LogP contribution >= 0.6 is 11.8 Å². The summed E-state index contributed by atoms with van der Waals surface area (Å²) in [7, 11) is 0. The molecule has 0 heterocycles. The number of hydrogen-bond donors (Lipinski definition) is 1. The van der Waals surface area contributed by atoms with Crippen molar-refractivity contribution in [2.24, 2.45) is 0 Å². The monoisotopic (exact) mass is 201 g/mol. The fraction of sp³-hybridized carbons (Fsp3) is 1.00. The molecule has 0 amide bonds. The highest BCUT2D eigenvalue weighted by molar-refractivity contribution is 7.99. The summed E-state index contributed by atoms with van der Waals surface area (Å²) in [6.45, 7) is 3.44. The van der Waals surface area contributed by atoms with Crippen molar-refractivity contribution in [3.05, 3.63) is 0 Å². The summed E-state index contributed by atoms with van der Waals surface area (Å²) in [5.74, 6) is 2.54. The van der Waals surface area contributed by atoms with E-state index in [1.165, 1.54) is 56.6 Å². The van der Waals surface area contributed by atoms with Gasteiger partial charge in [0.2, 0.25) is 0 Å². The van der Waals surface area contributed by atoms with E-state index in [1.54, 1.807) is 0 Å². The molecule has 0 bridgehead atoms. The van der Waals surface area contributed by atoms with Gasteiger partial charge in [-0.2, -0.15) is 11.8 Å². The van der Waals surface area contributed by atoms with E-state index < -0.39 is 0 Å². The molecule has 2 heteroatoms. The molecule has 0 saturated heterocycles. The molecule has 1 nitrogen and oxygen atoms in total. The molecule has 1 N–H and O–H groups in total. The maximum atomic E-state index is 3.68. The third-order valence-corrected chi connectivity index (χ3v) is 3.64. The Kier molecular flexibility index (Phi) is 6.73. The highest BCUT2D eigenvalue weighted by atomic mass is 32.2. The normalized spacial score (nSPS) is 20.1. The maximum absolute atomic E-state index is 3.68. The standard InChI is InChI=1S/C11H23NS/c1-2-13-10-9-12-11-7-5-3-4-6-8-11/h11-12H,2-10H2,1H3. The molecule has 1 aliphatic carbocycles. The summed E-state index contributed by atoms with van der Waals surface area (Å²) in [6, 6.07) is 0.833.